The summed E-state index contributed by atoms with van der Waals surface area (Å²) in [5, 5.41) is 0. The normalized spacial score (nSPS) is 27.2. The van der Waals surface area contributed by atoms with Gasteiger partial charge < -0.3 is 13.9 Å². The molecule has 0 spiro atoms. The van der Waals surface area contributed by atoms with Gasteiger partial charge in [-0.1, -0.05) is 0 Å². The van der Waals surface area contributed by atoms with Crippen molar-refractivity contribution in [3.05, 3.63) is 18.5 Å². The highest BCUT2D eigenvalue weighted by Gasteiger charge is 2.51. The van der Waals surface area contributed by atoms with Crippen molar-refractivity contribution < 1.29 is 13.4 Å². The van der Waals surface area contributed by atoms with Crippen molar-refractivity contribution in [3.63, 3.8) is 0 Å². The molecule has 15 heavy (non-hydrogen) atoms. The third-order valence-corrected chi connectivity index (χ3v) is 3.24. The molecule has 1 aromatic rings. The predicted octanol–water partition coefficient (Wildman–Crippen LogP) is 1.32. The van der Waals surface area contributed by atoms with Crippen LogP contribution in [0.2, 0.25) is 0 Å². The zero-order valence-corrected chi connectivity index (χ0v) is 9.57. The largest absolute Gasteiger partial charge is 0.496 e. The zero-order chi connectivity index (χ0) is 13.8. The maximum absolute atomic E-state index is 7.33. The quantitative estimate of drug-likeness (QED) is 0.652. The fourth-order valence-electron chi connectivity index (χ4n) is 1.53. The average molecular weight is 210 g/mol. The Morgan fingerprint density at radius 3 is 2.33 bits per heavy atom. The fourth-order valence-corrected chi connectivity index (χ4v) is 1.53. The molecular weight excluding hydrogens is 189 g/mol. The summed E-state index contributed by atoms with van der Waals surface area (Å²) in [6, 6.07) is 1.72. The van der Waals surface area contributed by atoms with Crippen LogP contribution >= 0.6 is 0 Å². The summed E-state index contributed by atoms with van der Waals surface area (Å²) < 4.78 is 34.9. The second kappa shape index (κ2) is 3.13. The van der Waals surface area contributed by atoms with E-state index in [0.29, 0.717) is 0 Å². The third kappa shape index (κ3) is 1.72. The smallest absolute Gasteiger partial charge is 0.399 e. The van der Waals surface area contributed by atoms with Crippen LogP contribution in [0, 0.1) is 0 Å². The molecule has 1 fully saturated rings. The Labute approximate surface area is 95.7 Å². The Kier molecular flexibility index (Phi) is 1.57. The molecule has 82 valence electrons. The Morgan fingerprint density at radius 2 is 1.87 bits per heavy atom. The summed E-state index contributed by atoms with van der Waals surface area (Å²) in [6.45, 7) is 5.70. The van der Waals surface area contributed by atoms with Crippen molar-refractivity contribution in [3.8, 4) is 0 Å². The molecule has 0 aliphatic carbocycles. The van der Waals surface area contributed by atoms with E-state index in [0.717, 1.165) is 5.46 Å². The van der Waals surface area contributed by atoms with Gasteiger partial charge in [-0.25, -0.2) is 0 Å². The van der Waals surface area contributed by atoms with Gasteiger partial charge >= 0.3 is 7.12 Å². The monoisotopic (exact) mass is 210 g/mol. The lowest BCUT2D eigenvalue weighted by atomic mass is 9.81. The summed E-state index contributed by atoms with van der Waals surface area (Å²) >= 11 is 0. The fraction of sp³-hybridized carbons (Fsp3) is 0.636. The maximum atomic E-state index is 7.33. The Hall–Kier alpha value is -0.735. The molecule has 4 heteroatoms. The Morgan fingerprint density at radius 1 is 1.27 bits per heavy atom. The molecule has 0 atom stereocenters. The molecule has 0 aromatic carbocycles. The second-order valence-electron chi connectivity index (χ2n) is 4.94. The van der Waals surface area contributed by atoms with Gasteiger partial charge in [0.05, 0.1) is 11.2 Å². The van der Waals surface area contributed by atoms with Crippen LogP contribution in [-0.2, 0) is 16.3 Å². The van der Waals surface area contributed by atoms with Crippen LogP contribution in [0.15, 0.2) is 18.5 Å². The van der Waals surface area contributed by atoms with Gasteiger partial charge in [0.25, 0.3) is 0 Å². The number of rotatable bonds is 1. The molecule has 0 N–H and O–H groups in total. The minimum Gasteiger partial charge on any atom is -0.399 e. The molecule has 0 unspecified atom stereocenters. The first kappa shape index (κ1) is 7.52. The lowest BCUT2D eigenvalue weighted by Gasteiger charge is -2.32. The van der Waals surface area contributed by atoms with Crippen LogP contribution in [0.3, 0.4) is 0 Å². The molecule has 0 saturated carbocycles. The Balaban J connectivity index is 2.23. The van der Waals surface area contributed by atoms with Crippen molar-refractivity contribution in [2.75, 3.05) is 0 Å². The standard InChI is InChI=1S/C11H18BNO2/c1-10(2)11(3,4)15-12(14-10)9-6-7-13(5)8-9/h6-8H,1-5H3/i5D3. The van der Waals surface area contributed by atoms with Gasteiger partial charge in [0.1, 0.15) is 0 Å². The summed E-state index contributed by atoms with van der Waals surface area (Å²) in [7, 11) is -0.515. The first-order chi connectivity index (χ1) is 8.03. The van der Waals surface area contributed by atoms with Crippen molar-refractivity contribution in [2.45, 2.75) is 38.9 Å². The Bertz CT molecular complexity index is 437. The van der Waals surface area contributed by atoms with Crippen molar-refractivity contribution in [1.29, 1.82) is 0 Å². The lowest BCUT2D eigenvalue weighted by molar-refractivity contribution is 0.00578. The maximum Gasteiger partial charge on any atom is 0.496 e. The molecule has 1 aliphatic rings. The van der Waals surface area contributed by atoms with Crippen LogP contribution in [0.1, 0.15) is 31.8 Å². The third-order valence-electron chi connectivity index (χ3n) is 3.24. The number of hydrogen-bond donors (Lipinski definition) is 0. The number of aryl methyl sites for hydroxylation is 1. The van der Waals surface area contributed by atoms with Crippen LogP contribution in [0.4, 0.5) is 0 Å². The molecular formula is C11H18BNO2. The van der Waals surface area contributed by atoms with E-state index in [9.17, 15) is 0 Å². The van der Waals surface area contributed by atoms with Crippen LogP contribution < -0.4 is 5.46 Å². The molecule has 1 saturated heterocycles. The summed E-state index contributed by atoms with van der Waals surface area (Å²) in [6.07, 6.45) is 3.07. The SMILES string of the molecule is [2H]C([2H])([2H])n1ccc(B2OC(C)(C)C(C)(C)O2)c1. The highest BCUT2D eigenvalue weighted by atomic mass is 16.7. The average Bonchev–Trinajstić information content (AvgIpc) is 2.69. The van der Waals surface area contributed by atoms with E-state index in [-0.39, 0.29) is 0 Å². The van der Waals surface area contributed by atoms with Gasteiger partial charge in [0.15, 0.2) is 0 Å². The van der Waals surface area contributed by atoms with Gasteiger partial charge in [-0.15, -0.1) is 0 Å². The molecule has 0 bridgehead atoms. The first-order valence-corrected chi connectivity index (χ1v) is 5.07. The van der Waals surface area contributed by atoms with Gasteiger partial charge in [0.2, 0.25) is 0 Å². The van der Waals surface area contributed by atoms with Crippen LogP contribution in [-0.4, -0.2) is 22.9 Å². The minimum atomic E-state index is -2.16. The minimum absolute atomic E-state index is 0.417. The van der Waals surface area contributed by atoms with Crippen LogP contribution in [0.25, 0.3) is 0 Å². The summed E-state index contributed by atoms with van der Waals surface area (Å²) in [4.78, 5) is 0. The van der Waals surface area contributed by atoms with E-state index >= 15 is 0 Å². The summed E-state index contributed by atoms with van der Waals surface area (Å²) in [5.74, 6) is 0. The molecule has 2 heterocycles. The van der Waals surface area contributed by atoms with Gasteiger partial charge in [-0.3, -0.25) is 0 Å². The predicted molar refractivity (Wildman–Crippen MR) is 61.1 cm³/mol. The van der Waals surface area contributed by atoms with E-state index < -0.39 is 25.3 Å². The van der Waals surface area contributed by atoms with Crippen molar-refractivity contribution in [1.82, 2.24) is 4.57 Å². The van der Waals surface area contributed by atoms with Crippen molar-refractivity contribution in [2.24, 2.45) is 6.98 Å². The van der Waals surface area contributed by atoms with E-state index in [1.807, 2.05) is 27.7 Å². The molecule has 2 rings (SSSR count). The highest BCUT2D eigenvalue weighted by Crippen LogP contribution is 2.36. The topological polar surface area (TPSA) is 23.4 Å². The lowest BCUT2D eigenvalue weighted by Crippen LogP contribution is -2.41. The highest BCUT2D eigenvalue weighted by molar-refractivity contribution is 6.62. The molecule has 0 radical (unpaired) electrons. The van der Waals surface area contributed by atoms with E-state index in [1.54, 1.807) is 12.3 Å². The molecule has 0 amide bonds. The van der Waals surface area contributed by atoms with E-state index in [4.69, 9.17) is 13.4 Å². The summed E-state index contributed by atoms with van der Waals surface area (Å²) in [5.41, 5.74) is -0.107. The van der Waals surface area contributed by atoms with Gasteiger partial charge in [-0.2, -0.15) is 0 Å². The van der Waals surface area contributed by atoms with E-state index in [1.165, 1.54) is 10.8 Å². The van der Waals surface area contributed by atoms with Crippen LogP contribution in [0.5, 0.6) is 0 Å². The molecule has 1 aliphatic heterocycles. The number of aromatic nitrogens is 1. The molecule has 3 nitrogen and oxygen atoms in total. The van der Waals surface area contributed by atoms with Crippen molar-refractivity contribution >= 4 is 12.6 Å². The molecule has 1 aromatic heterocycles. The second-order valence-corrected chi connectivity index (χ2v) is 4.94. The number of nitrogens with zero attached hydrogens (tertiary/aromatic N) is 1. The number of hydrogen-bond acceptors (Lipinski definition) is 2. The van der Waals surface area contributed by atoms with Gasteiger partial charge in [-0.05, 0) is 33.8 Å². The zero-order valence-electron chi connectivity index (χ0n) is 12.6. The van der Waals surface area contributed by atoms with Gasteiger partial charge in [0, 0.05) is 28.9 Å². The van der Waals surface area contributed by atoms with E-state index in [2.05, 4.69) is 0 Å². The first-order valence-electron chi connectivity index (χ1n) is 6.57.